The minimum atomic E-state index is 0.332. The van der Waals surface area contributed by atoms with Gasteiger partial charge in [-0.25, -0.2) is 0 Å². The molecule has 0 amide bonds. The van der Waals surface area contributed by atoms with E-state index in [1.54, 1.807) is 12.1 Å². The zero-order chi connectivity index (χ0) is 18.6. The van der Waals surface area contributed by atoms with E-state index in [1.165, 1.54) is 38.5 Å². The molecule has 2 aliphatic rings. The van der Waals surface area contributed by atoms with Crippen LogP contribution in [-0.2, 0) is 0 Å². The van der Waals surface area contributed by atoms with Crippen LogP contribution in [0.25, 0.3) is 0 Å². The minimum absolute atomic E-state index is 0.332. The molecule has 2 saturated carbocycles. The maximum absolute atomic E-state index is 10.6. The van der Waals surface area contributed by atoms with Crippen molar-refractivity contribution in [3.8, 4) is 23.0 Å². The molecule has 0 atom stereocenters. The van der Waals surface area contributed by atoms with E-state index in [2.05, 4.69) is 0 Å². The van der Waals surface area contributed by atoms with Crippen molar-refractivity contribution in [1.29, 1.82) is 0 Å². The lowest BCUT2D eigenvalue weighted by atomic mass is 9.82. The highest BCUT2D eigenvalue weighted by Crippen LogP contribution is 2.47. The number of benzene rings is 2. The molecule has 2 N–H and O–H groups in total. The summed E-state index contributed by atoms with van der Waals surface area (Å²) in [4.78, 5) is 0. The molecule has 2 fully saturated rings. The second-order valence-electron chi connectivity index (χ2n) is 8.15. The molecule has 0 unspecified atom stereocenters. The third kappa shape index (κ3) is 3.92. The number of hydrogen-bond donors (Lipinski definition) is 2. The standard InChI is InChI=1S/C24H30O3/c25-19-13-7-15-21(23(19)17-9-3-1-4-10-17)27-22-16-8-14-20(26)24(22)18-11-5-2-6-12-18/h7-8,13-18,25-26H,1-6,9-12H2. The Labute approximate surface area is 162 Å². The van der Waals surface area contributed by atoms with Crippen molar-refractivity contribution >= 4 is 0 Å². The van der Waals surface area contributed by atoms with E-state index < -0.39 is 0 Å². The Morgan fingerprint density at radius 1 is 0.593 bits per heavy atom. The largest absolute Gasteiger partial charge is 0.508 e. The first-order valence-electron chi connectivity index (χ1n) is 10.6. The van der Waals surface area contributed by atoms with Gasteiger partial charge in [-0.1, -0.05) is 50.7 Å². The summed E-state index contributed by atoms with van der Waals surface area (Å²) >= 11 is 0. The molecule has 144 valence electrons. The van der Waals surface area contributed by atoms with Gasteiger partial charge in [0.05, 0.1) is 0 Å². The highest BCUT2D eigenvalue weighted by molar-refractivity contribution is 5.52. The summed E-state index contributed by atoms with van der Waals surface area (Å²) in [6, 6.07) is 11.1. The molecule has 0 heterocycles. The monoisotopic (exact) mass is 366 g/mol. The van der Waals surface area contributed by atoms with Crippen LogP contribution in [0.2, 0.25) is 0 Å². The van der Waals surface area contributed by atoms with Crippen molar-refractivity contribution in [2.24, 2.45) is 0 Å². The number of phenols is 2. The maximum atomic E-state index is 10.6. The van der Waals surface area contributed by atoms with Crippen LogP contribution in [0.5, 0.6) is 23.0 Å². The first-order chi connectivity index (χ1) is 13.2. The Morgan fingerprint density at radius 3 is 1.41 bits per heavy atom. The first-order valence-corrected chi connectivity index (χ1v) is 10.6. The molecule has 2 aromatic carbocycles. The molecule has 0 spiro atoms. The lowest BCUT2D eigenvalue weighted by Gasteiger charge is -2.27. The summed E-state index contributed by atoms with van der Waals surface area (Å²) in [5, 5.41) is 21.1. The van der Waals surface area contributed by atoms with E-state index in [4.69, 9.17) is 4.74 Å². The van der Waals surface area contributed by atoms with Gasteiger partial charge in [0.2, 0.25) is 0 Å². The van der Waals surface area contributed by atoms with Crippen molar-refractivity contribution in [2.45, 2.75) is 76.0 Å². The molecule has 3 heteroatoms. The van der Waals surface area contributed by atoms with E-state index in [0.717, 1.165) is 48.3 Å². The third-order valence-corrected chi connectivity index (χ3v) is 6.33. The van der Waals surface area contributed by atoms with Gasteiger partial charge in [0.15, 0.2) is 0 Å². The van der Waals surface area contributed by atoms with Gasteiger partial charge in [0.25, 0.3) is 0 Å². The van der Waals surface area contributed by atoms with Gasteiger partial charge in [-0.05, 0) is 61.8 Å². The maximum Gasteiger partial charge on any atom is 0.134 e. The van der Waals surface area contributed by atoms with Crippen LogP contribution >= 0.6 is 0 Å². The number of rotatable bonds is 4. The van der Waals surface area contributed by atoms with Crippen LogP contribution < -0.4 is 4.74 Å². The van der Waals surface area contributed by atoms with Gasteiger partial charge in [-0.3, -0.25) is 0 Å². The van der Waals surface area contributed by atoms with Crippen molar-refractivity contribution in [3.63, 3.8) is 0 Å². The third-order valence-electron chi connectivity index (χ3n) is 6.33. The van der Waals surface area contributed by atoms with Crippen molar-refractivity contribution in [3.05, 3.63) is 47.5 Å². The Bertz CT molecular complexity index is 706. The molecule has 0 radical (unpaired) electrons. The van der Waals surface area contributed by atoms with E-state index in [1.807, 2.05) is 24.3 Å². The average molecular weight is 367 g/mol. The highest BCUT2D eigenvalue weighted by Gasteiger charge is 2.26. The molecule has 0 saturated heterocycles. The Kier molecular flexibility index (Phi) is 5.56. The van der Waals surface area contributed by atoms with E-state index in [0.29, 0.717) is 23.3 Å². The van der Waals surface area contributed by atoms with E-state index in [-0.39, 0.29) is 0 Å². The van der Waals surface area contributed by atoms with Crippen molar-refractivity contribution < 1.29 is 14.9 Å². The minimum Gasteiger partial charge on any atom is -0.508 e. The average Bonchev–Trinajstić information content (AvgIpc) is 2.70. The summed E-state index contributed by atoms with van der Waals surface area (Å²) in [6.07, 6.45) is 11.8. The summed E-state index contributed by atoms with van der Waals surface area (Å²) in [6.45, 7) is 0. The van der Waals surface area contributed by atoms with Crippen LogP contribution in [0, 0.1) is 0 Å². The van der Waals surface area contributed by atoms with Crippen LogP contribution in [0.4, 0.5) is 0 Å². The summed E-state index contributed by atoms with van der Waals surface area (Å²) in [5.74, 6) is 2.85. The smallest absolute Gasteiger partial charge is 0.134 e. The highest BCUT2D eigenvalue weighted by atomic mass is 16.5. The Balaban J connectivity index is 1.69. The molecule has 4 rings (SSSR count). The van der Waals surface area contributed by atoms with E-state index in [9.17, 15) is 10.2 Å². The number of aromatic hydroxyl groups is 2. The quantitative estimate of drug-likeness (QED) is 0.613. The number of ether oxygens (including phenoxy) is 1. The number of phenolic OH excluding ortho intramolecular Hbond substituents is 2. The normalized spacial score (nSPS) is 19.1. The molecular formula is C24H30O3. The topological polar surface area (TPSA) is 49.7 Å². The molecule has 27 heavy (non-hydrogen) atoms. The molecule has 0 bridgehead atoms. The molecule has 2 aliphatic carbocycles. The zero-order valence-electron chi connectivity index (χ0n) is 16.0. The van der Waals surface area contributed by atoms with Gasteiger partial charge >= 0.3 is 0 Å². The summed E-state index contributed by atoms with van der Waals surface area (Å²) < 4.78 is 6.39. The summed E-state index contributed by atoms with van der Waals surface area (Å²) in [7, 11) is 0. The molecule has 3 nitrogen and oxygen atoms in total. The van der Waals surface area contributed by atoms with Gasteiger partial charge in [-0.2, -0.15) is 0 Å². The molecular weight excluding hydrogens is 336 g/mol. The molecule has 0 aromatic heterocycles. The zero-order valence-corrected chi connectivity index (χ0v) is 16.0. The van der Waals surface area contributed by atoms with Crippen LogP contribution in [-0.4, -0.2) is 10.2 Å². The fourth-order valence-electron chi connectivity index (χ4n) is 4.96. The van der Waals surface area contributed by atoms with Crippen molar-refractivity contribution in [1.82, 2.24) is 0 Å². The van der Waals surface area contributed by atoms with Crippen LogP contribution in [0.15, 0.2) is 36.4 Å². The fourth-order valence-corrected chi connectivity index (χ4v) is 4.96. The van der Waals surface area contributed by atoms with Crippen molar-refractivity contribution in [2.75, 3.05) is 0 Å². The summed E-state index contributed by atoms with van der Waals surface area (Å²) in [5.41, 5.74) is 1.88. The Hall–Kier alpha value is -2.16. The Morgan fingerprint density at radius 2 is 1.00 bits per heavy atom. The lowest BCUT2D eigenvalue weighted by molar-refractivity contribution is 0.378. The second kappa shape index (κ2) is 8.24. The number of hydrogen-bond acceptors (Lipinski definition) is 3. The van der Waals surface area contributed by atoms with Crippen LogP contribution in [0.3, 0.4) is 0 Å². The first kappa shape index (κ1) is 18.2. The lowest BCUT2D eigenvalue weighted by Crippen LogP contribution is -2.08. The fraction of sp³-hybridized carbons (Fsp3) is 0.500. The SMILES string of the molecule is Oc1cccc(Oc2cccc(O)c2C2CCCCC2)c1C1CCCCC1. The van der Waals surface area contributed by atoms with E-state index >= 15 is 0 Å². The van der Waals surface area contributed by atoms with Gasteiger partial charge in [0, 0.05) is 11.1 Å². The molecule has 2 aromatic rings. The molecule has 0 aliphatic heterocycles. The van der Waals surface area contributed by atoms with Crippen LogP contribution in [0.1, 0.15) is 87.2 Å². The predicted octanol–water partition coefficient (Wildman–Crippen LogP) is 6.99. The van der Waals surface area contributed by atoms with Gasteiger partial charge in [-0.15, -0.1) is 0 Å². The van der Waals surface area contributed by atoms with Gasteiger partial charge in [0.1, 0.15) is 23.0 Å². The van der Waals surface area contributed by atoms with Gasteiger partial charge < -0.3 is 14.9 Å². The predicted molar refractivity (Wildman–Crippen MR) is 108 cm³/mol. The second-order valence-corrected chi connectivity index (χ2v) is 8.15.